The minimum atomic E-state index is 0.563. The smallest absolute Gasteiger partial charge is 0.180 e. The topological polar surface area (TPSA) is 50.1 Å². The van der Waals surface area contributed by atoms with E-state index < -0.39 is 0 Å². The van der Waals surface area contributed by atoms with Gasteiger partial charge in [0.05, 0.1) is 0 Å². The van der Waals surface area contributed by atoms with Crippen LogP contribution < -0.4 is 16.6 Å². The summed E-state index contributed by atoms with van der Waals surface area (Å²) in [5.41, 5.74) is 2.44. The van der Waals surface area contributed by atoms with Crippen molar-refractivity contribution in [2.45, 2.75) is 32.1 Å². The molecule has 3 nitrogen and oxygen atoms in total. The van der Waals surface area contributed by atoms with Gasteiger partial charge in [-0.15, -0.1) is 0 Å². The van der Waals surface area contributed by atoms with Gasteiger partial charge in [0.15, 0.2) is 5.11 Å². The molecule has 3 unspecified atom stereocenters. The van der Waals surface area contributed by atoms with E-state index in [9.17, 15) is 0 Å². The maximum atomic E-state index is 5.17. The number of nitrogens with one attached hydrogen (secondary N) is 2. The third kappa shape index (κ3) is 2.17. The van der Waals surface area contributed by atoms with Crippen molar-refractivity contribution < 1.29 is 0 Å². The van der Waals surface area contributed by atoms with E-state index in [0.717, 1.165) is 24.3 Å². The van der Waals surface area contributed by atoms with Crippen LogP contribution in [0.4, 0.5) is 0 Å². The van der Waals surface area contributed by atoms with Crippen LogP contribution in [-0.4, -0.2) is 11.7 Å². The van der Waals surface area contributed by atoms with Gasteiger partial charge >= 0.3 is 0 Å². The SMILES string of the molecule is NNC(=S)NCCC1CC2CCC1C2. The second-order valence-corrected chi connectivity index (χ2v) is 5.03. The van der Waals surface area contributed by atoms with Crippen molar-refractivity contribution in [3.05, 3.63) is 0 Å². The summed E-state index contributed by atoms with van der Waals surface area (Å²) in [6, 6.07) is 0. The van der Waals surface area contributed by atoms with E-state index in [2.05, 4.69) is 10.7 Å². The standard InChI is InChI=1S/C10H19N3S/c11-13-10(14)12-4-3-9-6-7-1-2-8(9)5-7/h7-9H,1-6,11H2,(H2,12,13,14). The van der Waals surface area contributed by atoms with Crippen molar-refractivity contribution in [3.63, 3.8) is 0 Å². The Kier molecular flexibility index (Phi) is 3.23. The van der Waals surface area contributed by atoms with E-state index in [0.29, 0.717) is 5.11 Å². The van der Waals surface area contributed by atoms with Crippen molar-refractivity contribution >= 4 is 17.3 Å². The number of thiocarbonyl (C=S) groups is 1. The van der Waals surface area contributed by atoms with Crippen LogP contribution in [0.3, 0.4) is 0 Å². The molecule has 80 valence electrons. The summed E-state index contributed by atoms with van der Waals surface area (Å²) >= 11 is 4.91. The zero-order valence-corrected chi connectivity index (χ0v) is 9.28. The van der Waals surface area contributed by atoms with Crippen molar-refractivity contribution in [1.29, 1.82) is 0 Å². The minimum Gasteiger partial charge on any atom is -0.362 e. The van der Waals surface area contributed by atoms with Gasteiger partial charge in [-0.3, -0.25) is 0 Å². The average molecular weight is 213 g/mol. The molecular formula is C10H19N3S. The summed E-state index contributed by atoms with van der Waals surface area (Å²) in [6.07, 6.45) is 7.15. The fourth-order valence-corrected chi connectivity index (χ4v) is 3.25. The lowest BCUT2D eigenvalue weighted by Gasteiger charge is -2.21. The fraction of sp³-hybridized carbons (Fsp3) is 0.900. The third-order valence-electron chi connectivity index (χ3n) is 3.82. The molecule has 14 heavy (non-hydrogen) atoms. The molecule has 0 aromatic carbocycles. The number of hydrogen-bond donors (Lipinski definition) is 3. The molecule has 0 radical (unpaired) electrons. The van der Waals surface area contributed by atoms with Crippen molar-refractivity contribution in [2.24, 2.45) is 23.6 Å². The average Bonchev–Trinajstić information content (AvgIpc) is 2.79. The van der Waals surface area contributed by atoms with Gasteiger partial charge in [-0.2, -0.15) is 0 Å². The Labute approximate surface area is 90.8 Å². The Bertz CT molecular complexity index is 219. The van der Waals surface area contributed by atoms with Crippen LogP contribution in [0.15, 0.2) is 0 Å². The van der Waals surface area contributed by atoms with Crippen LogP contribution in [-0.2, 0) is 0 Å². The molecule has 0 spiro atoms. The van der Waals surface area contributed by atoms with Gasteiger partial charge in [-0.1, -0.05) is 6.42 Å². The van der Waals surface area contributed by atoms with Crippen LogP contribution in [0.1, 0.15) is 32.1 Å². The quantitative estimate of drug-likeness (QED) is 0.374. The van der Waals surface area contributed by atoms with Gasteiger partial charge in [-0.05, 0) is 55.7 Å². The minimum absolute atomic E-state index is 0.563. The summed E-state index contributed by atoms with van der Waals surface area (Å²) in [6.45, 7) is 0.969. The lowest BCUT2D eigenvalue weighted by molar-refractivity contribution is 0.315. The molecular weight excluding hydrogens is 194 g/mol. The predicted octanol–water partition coefficient (Wildman–Crippen LogP) is 1.15. The lowest BCUT2D eigenvalue weighted by Crippen LogP contribution is -2.40. The van der Waals surface area contributed by atoms with Gasteiger partial charge < -0.3 is 10.7 Å². The summed E-state index contributed by atoms with van der Waals surface area (Å²) in [4.78, 5) is 0. The molecule has 2 saturated carbocycles. The molecule has 3 atom stereocenters. The van der Waals surface area contributed by atoms with E-state index in [-0.39, 0.29) is 0 Å². The normalized spacial score (nSPS) is 34.5. The molecule has 2 fully saturated rings. The van der Waals surface area contributed by atoms with E-state index >= 15 is 0 Å². The maximum Gasteiger partial charge on any atom is 0.180 e. The predicted molar refractivity (Wildman–Crippen MR) is 61.5 cm³/mol. The Morgan fingerprint density at radius 3 is 2.79 bits per heavy atom. The van der Waals surface area contributed by atoms with Gasteiger partial charge in [0, 0.05) is 6.54 Å². The number of nitrogens with two attached hydrogens (primary N) is 1. The van der Waals surface area contributed by atoms with Gasteiger partial charge in [-0.25, -0.2) is 5.84 Å². The molecule has 0 aromatic rings. The Hall–Kier alpha value is -0.350. The van der Waals surface area contributed by atoms with Crippen LogP contribution in [0.5, 0.6) is 0 Å². The molecule has 4 N–H and O–H groups in total. The van der Waals surface area contributed by atoms with E-state index in [1.165, 1.54) is 32.1 Å². The second-order valence-electron chi connectivity index (χ2n) is 4.62. The highest BCUT2D eigenvalue weighted by Crippen LogP contribution is 2.49. The summed E-state index contributed by atoms with van der Waals surface area (Å²) < 4.78 is 0. The molecule has 4 heteroatoms. The molecule has 0 saturated heterocycles. The largest absolute Gasteiger partial charge is 0.362 e. The fourth-order valence-electron chi connectivity index (χ4n) is 3.15. The van der Waals surface area contributed by atoms with Crippen molar-refractivity contribution in [1.82, 2.24) is 10.7 Å². The van der Waals surface area contributed by atoms with Gasteiger partial charge in [0.25, 0.3) is 0 Å². The third-order valence-corrected chi connectivity index (χ3v) is 4.08. The summed E-state index contributed by atoms with van der Waals surface area (Å²) in [5.74, 6) is 8.18. The first kappa shape index (κ1) is 10.2. The maximum absolute atomic E-state index is 5.17. The lowest BCUT2D eigenvalue weighted by atomic mass is 9.86. The zero-order valence-electron chi connectivity index (χ0n) is 8.46. The Morgan fingerprint density at radius 2 is 2.21 bits per heavy atom. The highest BCUT2D eigenvalue weighted by Gasteiger charge is 2.38. The number of rotatable bonds is 3. The van der Waals surface area contributed by atoms with Crippen LogP contribution in [0, 0.1) is 17.8 Å². The van der Waals surface area contributed by atoms with E-state index in [4.69, 9.17) is 18.1 Å². The van der Waals surface area contributed by atoms with Crippen LogP contribution >= 0.6 is 12.2 Å². The van der Waals surface area contributed by atoms with Crippen LogP contribution in [0.2, 0.25) is 0 Å². The first-order valence-corrected chi connectivity index (χ1v) is 5.95. The molecule has 0 heterocycles. The highest BCUT2D eigenvalue weighted by molar-refractivity contribution is 7.80. The van der Waals surface area contributed by atoms with Gasteiger partial charge in [0.1, 0.15) is 0 Å². The Morgan fingerprint density at radius 1 is 1.36 bits per heavy atom. The molecule has 2 bridgehead atoms. The molecule has 0 aliphatic heterocycles. The molecule has 2 rings (SSSR count). The van der Waals surface area contributed by atoms with Crippen molar-refractivity contribution in [2.75, 3.05) is 6.54 Å². The van der Waals surface area contributed by atoms with Crippen molar-refractivity contribution in [3.8, 4) is 0 Å². The summed E-state index contributed by atoms with van der Waals surface area (Å²) in [7, 11) is 0. The van der Waals surface area contributed by atoms with E-state index in [1.807, 2.05) is 0 Å². The molecule has 2 aliphatic carbocycles. The number of hydrogen-bond acceptors (Lipinski definition) is 2. The van der Waals surface area contributed by atoms with Gasteiger partial charge in [0.2, 0.25) is 0 Å². The molecule has 2 aliphatic rings. The molecule has 0 amide bonds. The monoisotopic (exact) mass is 213 g/mol. The van der Waals surface area contributed by atoms with Crippen LogP contribution in [0.25, 0.3) is 0 Å². The first-order chi connectivity index (χ1) is 6.79. The second kappa shape index (κ2) is 4.45. The molecule has 0 aromatic heterocycles. The first-order valence-electron chi connectivity index (χ1n) is 5.54. The highest BCUT2D eigenvalue weighted by atomic mass is 32.1. The number of fused-ring (bicyclic) bond motifs is 2. The number of hydrazine groups is 1. The summed E-state index contributed by atoms with van der Waals surface area (Å²) in [5, 5.41) is 3.68. The zero-order chi connectivity index (χ0) is 9.97. The Balaban J connectivity index is 1.64. The van der Waals surface area contributed by atoms with E-state index in [1.54, 1.807) is 0 Å².